The number of nitrogens with one attached hydrogen (secondary N) is 2. The number of halogens is 3. The molecule has 1 heterocycles. The molecule has 0 aromatic heterocycles. The van der Waals surface area contributed by atoms with E-state index in [0.717, 1.165) is 0 Å². The monoisotopic (exact) mass is 497 g/mol. The third kappa shape index (κ3) is 9.76. The number of hydrazine groups is 1. The lowest BCUT2D eigenvalue weighted by atomic mass is 9.89. The number of nitrogens with zero attached hydrogens (tertiary/aromatic N) is 1. The molecule has 11 heteroatoms. The molecule has 1 aliphatic rings. The lowest BCUT2D eigenvalue weighted by Crippen LogP contribution is -2.59. The zero-order chi connectivity index (χ0) is 23.8. The van der Waals surface area contributed by atoms with Crippen molar-refractivity contribution in [2.75, 3.05) is 13.2 Å². The number of amides is 2. The molecule has 2 N–H and O–H groups in total. The van der Waals surface area contributed by atoms with Crippen molar-refractivity contribution in [3.05, 3.63) is 12.7 Å². The van der Waals surface area contributed by atoms with Gasteiger partial charge >= 0.3 is 5.97 Å². The highest BCUT2D eigenvalue weighted by atomic mass is 35.6. The van der Waals surface area contributed by atoms with Crippen molar-refractivity contribution in [1.82, 2.24) is 15.8 Å². The van der Waals surface area contributed by atoms with Crippen LogP contribution in [-0.2, 0) is 23.9 Å². The number of hydrogen-bond acceptors (Lipinski definition) is 6. The van der Waals surface area contributed by atoms with E-state index in [1.54, 1.807) is 6.92 Å². The van der Waals surface area contributed by atoms with E-state index in [4.69, 9.17) is 39.5 Å². The average Bonchev–Trinajstić information content (AvgIpc) is 2.69. The second-order valence-corrected chi connectivity index (χ2v) is 10.4. The predicted octanol–water partition coefficient (Wildman–Crippen LogP) is 2.71. The summed E-state index contributed by atoms with van der Waals surface area (Å²) in [7, 11) is 0. The highest BCUT2D eigenvalue weighted by molar-refractivity contribution is 6.67. The molecule has 0 radical (unpaired) electrons. The van der Waals surface area contributed by atoms with Gasteiger partial charge in [-0.1, -0.05) is 54.7 Å². The van der Waals surface area contributed by atoms with Crippen molar-refractivity contribution in [2.45, 2.75) is 62.3 Å². The number of esters is 1. The smallest absolute Gasteiger partial charge is 0.325 e. The van der Waals surface area contributed by atoms with E-state index in [1.165, 1.54) is 11.1 Å². The van der Waals surface area contributed by atoms with Crippen LogP contribution in [0.15, 0.2) is 12.7 Å². The van der Waals surface area contributed by atoms with E-state index in [0.29, 0.717) is 19.4 Å². The maximum absolute atomic E-state index is 12.8. The highest BCUT2D eigenvalue weighted by Gasteiger charge is 2.34. The van der Waals surface area contributed by atoms with Gasteiger partial charge in [0.1, 0.15) is 24.5 Å². The largest absolute Gasteiger partial charge is 0.460 e. The molecule has 3 atom stereocenters. The van der Waals surface area contributed by atoms with Gasteiger partial charge in [-0.25, -0.2) is 5.43 Å². The number of hydrogen-bond donors (Lipinski definition) is 2. The van der Waals surface area contributed by atoms with Crippen LogP contribution < -0.4 is 10.7 Å². The van der Waals surface area contributed by atoms with E-state index < -0.39 is 40.3 Å². The van der Waals surface area contributed by atoms with Gasteiger partial charge in [0, 0.05) is 25.3 Å². The number of ether oxygens (including phenoxy) is 1. The first-order valence-corrected chi connectivity index (χ1v) is 11.2. The molecule has 0 bridgehead atoms. The minimum atomic E-state index is -1.72. The van der Waals surface area contributed by atoms with E-state index >= 15 is 0 Å². The second-order valence-electron chi connectivity index (χ2n) is 7.85. The first-order chi connectivity index (χ1) is 14.4. The van der Waals surface area contributed by atoms with E-state index in [2.05, 4.69) is 17.3 Å². The van der Waals surface area contributed by atoms with Crippen LogP contribution >= 0.6 is 34.8 Å². The maximum Gasteiger partial charge on any atom is 0.325 e. The lowest BCUT2D eigenvalue weighted by Gasteiger charge is -2.34. The molecule has 2 amide bonds. The van der Waals surface area contributed by atoms with Gasteiger partial charge in [0.25, 0.3) is 5.91 Å². The number of rotatable bonds is 10. The van der Waals surface area contributed by atoms with Crippen LogP contribution in [0.4, 0.5) is 0 Å². The quantitative estimate of drug-likeness (QED) is 0.273. The van der Waals surface area contributed by atoms with Gasteiger partial charge in [0.05, 0.1) is 0 Å². The van der Waals surface area contributed by atoms with Gasteiger partial charge in [0.15, 0.2) is 0 Å². The number of carbonyl (C=O) groups is 4. The molecule has 1 rings (SSSR count). The summed E-state index contributed by atoms with van der Waals surface area (Å²) in [5.41, 5.74) is 2.81. The Hall–Kier alpha value is -1.35. The summed E-state index contributed by atoms with van der Waals surface area (Å²) < 4.78 is 3.25. The Labute approximate surface area is 197 Å². The van der Waals surface area contributed by atoms with Gasteiger partial charge < -0.3 is 10.1 Å². The van der Waals surface area contributed by atoms with Gasteiger partial charge in [-0.15, -0.1) is 6.58 Å². The average molecular weight is 499 g/mol. The summed E-state index contributed by atoms with van der Waals surface area (Å²) >= 11 is 16.8. The predicted molar refractivity (Wildman–Crippen MR) is 119 cm³/mol. The van der Waals surface area contributed by atoms with Crippen LogP contribution in [0.25, 0.3) is 0 Å². The molecule has 0 aromatic rings. The molecule has 0 aromatic carbocycles. The van der Waals surface area contributed by atoms with Gasteiger partial charge in [-0.2, -0.15) is 0 Å². The summed E-state index contributed by atoms with van der Waals surface area (Å²) in [6, 6.07) is -1.63. The fourth-order valence-electron chi connectivity index (χ4n) is 3.11. The number of Topliss-reactive ketones (excluding diaryl/α,β-unsaturated/α-hetero) is 1. The highest BCUT2D eigenvalue weighted by Crippen LogP contribution is 2.26. The van der Waals surface area contributed by atoms with E-state index in [9.17, 15) is 19.2 Å². The molecule has 1 aliphatic heterocycles. The molecular formula is C20H30Cl3N3O5. The minimum Gasteiger partial charge on any atom is -0.460 e. The Balaban J connectivity index is 2.67. The van der Waals surface area contributed by atoms with Crippen molar-refractivity contribution < 1.29 is 23.9 Å². The van der Waals surface area contributed by atoms with Crippen LogP contribution in [0.5, 0.6) is 0 Å². The fraction of sp³-hybridized carbons (Fsp3) is 0.700. The zero-order valence-corrected chi connectivity index (χ0v) is 20.2. The van der Waals surface area contributed by atoms with Gasteiger partial charge in [-0.05, 0) is 25.7 Å². The normalized spacial score (nSPS) is 18.8. The maximum atomic E-state index is 12.8. The molecule has 8 nitrogen and oxygen atoms in total. The Morgan fingerprint density at radius 3 is 2.45 bits per heavy atom. The topological polar surface area (TPSA) is 105 Å². The SMILES string of the molecule is C=CCC(=O)C[C@H](C(=O)N[C@@H](C)C(=O)N1CCC[C@@H](C(=O)OCC(Cl)(Cl)Cl)N1)C(C)C. The number of alkyl halides is 3. The number of carbonyl (C=O) groups excluding carboxylic acids is 4. The van der Waals surface area contributed by atoms with Crippen molar-refractivity contribution in [3.8, 4) is 0 Å². The molecule has 1 fully saturated rings. The van der Waals surface area contributed by atoms with Crippen molar-refractivity contribution in [3.63, 3.8) is 0 Å². The summed E-state index contributed by atoms with van der Waals surface area (Å²) in [6.07, 6.45) is 2.77. The molecule has 0 spiro atoms. The van der Waals surface area contributed by atoms with Crippen LogP contribution in [0.2, 0.25) is 0 Å². The third-order valence-electron chi connectivity index (χ3n) is 4.81. The standard InChI is InChI=1S/C20H30Cl3N3O5/c1-5-7-14(27)10-15(12(2)3)17(28)24-13(4)18(29)26-9-6-8-16(25-26)19(30)31-11-20(21,22)23/h5,12-13,15-16,25H,1,6-11H2,2-4H3,(H,24,28)/t13-,15-,16-/m0/s1. The number of allylic oxidation sites excluding steroid dienone is 1. The van der Waals surface area contributed by atoms with Crippen molar-refractivity contribution >= 4 is 58.4 Å². The molecule has 0 unspecified atom stereocenters. The van der Waals surface area contributed by atoms with Gasteiger partial charge in [0.2, 0.25) is 9.70 Å². The summed E-state index contributed by atoms with van der Waals surface area (Å²) in [5, 5.41) is 3.96. The summed E-state index contributed by atoms with van der Waals surface area (Å²) in [4.78, 5) is 49.6. The second kappa shape index (κ2) is 12.6. The molecule has 176 valence electrons. The zero-order valence-electron chi connectivity index (χ0n) is 18.0. The van der Waals surface area contributed by atoms with Crippen LogP contribution in [0, 0.1) is 11.8 Å². The van der Waals surface area contributed by atoms with Crippen LogP contribution in [0.3, 0.4) is 0 Å². The third-order valence-corrected chi connectivity index (χ3v) is 5.13. The Bertz CT molecular complexity index is 681. The van der Waals surface area contributed by atoms with Crippen LogP contribution in [0.1, 0.15) is 46.5 Å². The van der Waals surface area contributed by atoms with Crippen molar-refractivity contribution in [2.24, 2.45) is 11.8 Å². The first kappa shape index (κ1) is 27.7. The fourth-order valence-corrected chi connectivity index (χ4v) is 3.27. The Morgan fingerprint density at radius 2 is 1.90 bits per heavy atom. The molecule has 1 saturated heterocycles. The lowest BCUT2D eigenvalue weighted by molar-refractivity contribution is -0.153. The van der Waals surface area contributed by atoms with Gasteiger partial charge in [-0.3, -0.25) is 24.2 Å². The van der Waals surface area contributed by atoms with E-state index in [1.807, 2.05) is 13.8 Å². The van der Waals surface area contributed by atoms with Crippen LogP contribution in [-0.4, -0.2) is 57.6 Å². The summed E-state index contributed by atoms with van der Waals surface area (Å²) in [5.74, 6) is -2.14. The molecule has 31 heavy (non-hydrogen) atoms. The molecule has 0 saturated carbocycles. The Morgan fingerprint density at radius 1 is 1.26 bits per heavy atom. The van der Waals surface area contributed by atoms with Crippen molar-refractivity contribution in [1.29, 1.82) is 0 Å². The molecular weight excluding hydrogens is 469 g/mol. The number of ketones is 1. The minimum absolute atomic E-state index is 0.0789. The Kier molecular flexibility index (Phi) is 11.3. The first-order valence-electron chi connectivity index (χ1n) is 10.1. The summed E-state index contributed by atoms with van der Waals surface area (Å²) in [6.45, 7) is 8.73. The molecule has 0 aliphatic carbocycles. The van der Waals surface area contributed by atoms with E-state index in [-0.39, 0.29) is 30.4 Å².